The first-order chi connectivity index (χ1) is 14.1. The molecule has 1 fully saturated rings. The molecule has 3 amide bonds. The lowest BCUT2D eigenvalue weighted by Gasteiger charge is -2.22. The highest BCUT2D eigenvalue weighted by atomic mass is 32.2. The number of ether oxygens (including phenoxy) is 1. The van der Waals surface area contributed by atoms with E-state index in [9.17, 15) is 27.9 Å². The van der Waals surface area contributed by atoms with Gasteiger partial charge in [-0.3, -0.25) is 14.9 Å². The second-order valence-corrected chi connectivity index (χ2v) is 9.03. The molecule has 166 valence electrons. The molecule has 0 aromatic heterocycles. The Morgan fingerprint density at radius 1 is 1.23 bits per heavy atom. The molecule has 0 spiro atoms. The zero-order valence-corrected chi connectivity index (χ0v) is 18.0. The summed E-state index contributed by atoms with van der Waals surface area (Å²) in [5.74, 6) is -1.82. The fourth-order valence-electron chi connectivity index (χ4n) is 2.95. The molecule has 11 heteroatoms. The Balaban J connectivity index is 2.06. The van der Waals surface area contributed by atoms with Crippen LogP contribution < -0.4 is 10.6 Å². The average molecular weight is 442 g/mol. The van der Waals surface area contributed by atoms with Gasteiger partial charge in [0.2, 0.25) is 10.0 Å². The van der Waals surface area contributed by atoms with Crippen molar-refractivity contribution in [3.8, 4) is 0 Å². The lowest BCUT2D eigenvalue weighted by Crippen LogP contribution is -2.44. The summed E-state index contributed by atoms with van der Waals surface area (Å²) < 4.78 is 31.8. The van der Waals surface area contributed by atoms with Gasteiger partial charge in [-0.1, -0.05) is 13.0 Å². The molecule has 30 heavy (non-hydrogen) atoms. The number of carbonyl (C=O) groups is 3. The summed E-state index contributed by atoms with van der Waals surface area (Å²) >= 11 is 0. The van der Waals surface area contributed by atoms with Gasteiger partial charge < -0.3 is 15.2 Å². The fraction of sp³-hybridized carbons (Fsp3) is 0.526. The highest BCUT2D eigenvalue weighted by Crippen LogP contribution is 2.28. The van der Waals surface area contributed by atoms with Crippen LogP contribution in [-0.4, -0.2) is 67.6 Å². The van der Waals surface area contributed by atoms with E-state index in [2.05, 4.69) is 5.32 Å². The van der Waals surface area contributed by atoms with Crippen molar-refractivity contribution in [2.45, 2.75) is 50.7 Å². The number of rotatable bonds is 7. The van der Waals surface area contributed by atoms with E-state index in [0.29, 0.717) is 13.0 Å². The number of urea groups is 1. The van der Waals surface area contributed by atoms with Crippen LogP contribution in [0, 0.1) is 13.8 Å². The van der Waals surface area contributed by atoms with E-state index < -0.39 is 46.7 Å². The lowest BCUT2D eigenvalue weighted by molar-refractivity contribution is -0.151. The number of hydrogen-bond donors (Lipinski definition) is 3. The van der Waals surface area contributed by atoms with Crippen LogP contribution in [0.15, 0.2) is 23.1 Å². The number of imide groups is 1. The number of aliphatic hydroxyl groups is 1. The molecule has 1 saturated heterocycles. The number of esters is 1. The van der Waals surface area contributed by atoms with Crippen molar-refractivity contribution < 1.29 is 32.6 Å². The molecule has 2 atom stereocenters. The largest absolute Gasteiger partial charge is 0.454 e. The highest BCUT2D eigenvalue weighted by molar-refractivity contribution is 7.89. The zero-order valence-electron chi connectivity index (χ0n) is 17.2. The number of nitrogens with zero attached hydrogens (tertiary/aromatic N) is 1. The number of aliphatic hydroxyl groups excluding tert-OH is 1. The van der Waals surface area contributed by atoms with E-state index in [-0.39, 0.29) is 17.9 Å². The Morgan fingerprint density at radius 3 is 2.57 bits per heavy atom. The minimum absolute atomic E-state index is 0.00263. The quantitative estimate of drug-likeness (QED) is 0.513. The molecule has 1 aromatic rings. The third-order valence-corrected chi connectivity index (χ3v) is 6.60. The van der Waals surface area contributed by atoms with Crippen LogP contribution in [0.1, 0.15) is 30.9 Å². The molecule has 1 heterocycles. The molecule has 3 N–H and O–H groups in total. The van der Waals surface area contributed by atoms with Gasteiger partial charge >= 0.3 is 12.0 Å². The standard InChI is InChI=1S/C19H27N3O7S/c1-4-7-20-19(26)21-17(24)11-29-18(25)16-9-14(23)10-22(16)30(27,28)15-6-5-12(2)13(3)8-15/h5-6,8,14,16,23H,4,7,9-11H2,1-3H3,(H2,20,21,24,26)/t14?,16-/m0/s1. The van der Waals surface area contributed by atoms with Crippen LogP contribution in [0.5, 0.6) is 0 Å². The van der Waals surface area contributed by atoms with Crippen molar-refractivity contribution in [2.24, 2.45) is 0 Å². The van der Waals surface area contributed by atoms with E-state index in [1.165, 1.54) is 12.1 Å². The number of aryl methyl sites for hydroxylation is 2. The highest BCUT2D eigenvalue weighted by Gasteiger charge is 2.44. The molecule has 1 aromatic carbocycles. The molecule has 0 bridgehead atoms. The van der Waals surface area contributed by atoms with Crippen molar-refractivity contribution in [1.82, 2.24) is 14.9 Å². The number of carbonyl (C=O) groups excluding carboxylic acids is 3. The first-order valence-corrected chi connectivity index (χ1v) is 11.0. The number of amides is 3. The number of nitrogens with one attached hydrogen (secondary N) is 2. The second kappa shape index (κ2) is 10.0. The van der Waals surface area contributed by atoms with Crippen LogP contribution in [0.4, 0.5) is 4.79 Å². The monoisotopic (exact) mass is 441 g/mol. The van der Waals surface area contributed by atoms with E-state index in [4.69, 9.17) is 4.74 Å². The Labute approximate surface area is 175 Å². The van der Waals surface area contributed by atoms with Crippen molar-refractivity contribution in [3.63, 3.8) is 0 Å². The summed E-state index contributed by atoms with van der Waals surface area (Å²) in [6.07, 6.45) is -0.509. The van der Waals surface area contributed by atoms with Gasteiger partial charge in [0.05, 0.1) is 11.0 Å². The molecule has 0 aliphatic carbocycles. The third kappa shape index (κ3) is 5.77. The number of benzene rings is 1. The van der Waals surface area contributed by atoms with Gasteiger partial charge in [0, 0.05) is 19.5 Å². The Hall–Kier alpha value is -2.50. The summed E-state index contributed by atoms with van der Waals surface area (Å²) in [7, 11) is -4.07. The van der Waals surface area contributed by atoms with Gasteiger partial charge in [-0.25, -0.2) is 13.2 Å². The Bertz CT molecular complexity index is 917. The molecular formula is C19H27N3O7S. The Kier molecular flexibility index (Phi) is 7.93. The molecule has 0 saturated carbocycles. The maximum absolute atomic E-state index is 13.0. The average Bonchev–Trinajstić information content (AvgIpc) is 3.09. The van der Waals surface area contributed by atoms with Gasteiger partial charge in [-0.15, -0.1) is 0 Å². The topological polar surface area (TPSA) is 142 Å². The van der Waals surface area contributed by atoms with Crippen molar-refractivity contribution in [3.05, 3.63) is 29.3 Å². The SMILES string of the molecule is CCCNC(=O)NC(=O)COC(=O)[C@@H]1CC(O)CN1S(=O)(=O)c1ccc(C)c(C)c1. The number of hydrogen-bond acceptors (Lipinski definition) is 7. The molecule has 1 aliphatic rings. The molecular weight excluding hydrogens is 414 g/mol. The first-order valence-electron chi connectivity index (χ1n) is 9.57. The van der Waals surface area contributed by atoms with E-state index in [1.54, 1.807) is 13.0 Å². The van der Waals surface area contributed by atoms with Crippen molar-refractivity contribution in [1.29, 1.82) is 0 Å². The van der Waals surface area contributed by atoms with Crippen LogP contribution in [0.2, 0.25) is 0 Å². The maximum Gasteiger partial charge on any atom is 0.325 e. The molecule has 10 nitrogen and oxygen atoms in total. The van der Waals surface area contributed by atoms with Crippen molar-refractivity contribution >= 4 is 27.9 Å². The second-order valence-electron chi connectivity index (χ2n) is 7.14. The van der Waals surface area contributed by atoms with E-state index >= 15 is 0 Å². The van der Waals surface area contributed by atoms with Gasteiger partial charge in [-0.2, -0.15) is 4.31 Å². The molecule has 1 aliphatic heterocycles. The van der Waals surface area contributed by atoms with Crippen LogP contribution >= 0.6 is 0 Å². The summed E-state index contributed by atoms with van der Waals surface area (Å²) in [5.41, 5.74) is 1.69. The third-order valence-electron chi connectivity index (χ3n) is 4.72. The predicted molar refractivity (Wildman–Crippen MR) is 107 cm³/mol. The van der Waals surface area contributed by atoms with Crippen molar-refractivity contribution in [2.75, 3.05) is 19.7 Å². The van der Waals surface area contributed by atoms with Gasteiger partial charge in [-0.05, 0) is 43.5 Å². The summed E-state index contributed by atoms with van der Waals surface area (Å²) in [4.78, 5) is 35.6. The number of β-amino-alcohol motifs (C(OH)–C–C–N with tert-alkyl or cyclic N) is 1. The number of sulfonamides is 1. The minimum Gasteiger partial charge on any atom is -0.454 e. The minimum atomic E-state index is -4.07. The predicted octanol–water partition coefficient (Wildman–Crippen LogP) is 0.206. The van der Waals surface area contributed by atoms with Crippen LogP contribution in [-0.2, 0) is 24.3 Å². The van der Waals surface area contributed by atoms with Crippen LogP contribution in [0.25, 0.3) is 0 Å². The maximum atomic E-state index is 13.0. The van der Waals surface area contributed by atoms with E-state index in [1.807, 2.05) is 19.2 Å². The smallest absolute Gasteiger partial charge is 0.325 e. The molecule has 0 radical (unpaired) electrons. The lowest BCUT2D eigenvalue weighted by atomic mass is 10.1. The van der Waals surface area contributed by atoms with Gasteiger partial charge in [0.1, 0.15) is 6.04 Å². The Morgan fingerprint density at radius 2 is 1.93 bits per heavy atom. The normalized spacial score (nSPS) is 19.3. The van der Waals surface area contributed by atoms with Crippen LogP contribution in [0.3, 0.4) is 0 Å². The van der Waals surface area contributed by atoms with E-state index in [0.717, 1.165) is 15.4 Å². The summed E-state index contributed by atoms with van der Waals surface area (Å²) in [6.45, 7) is 4.83. The first kappa shape index (κ1) is 23.8. The summed E-state index contributed by atoms with van der Waals surface area (Å²) in [6, 6.07) is 2.62. The summed E-state index contributed by atoms with van der Waals surface area (Å²) in [5, 5.41) is 14.4. The van der Waals surface area contributed by atoms with Gasteiger partial charge in [0.25, 0.3) is 5.91 Å². The molecule has 1 unspecified atom stereocenters. The van der Waals surface area contributed by atoms with Gasteiger partial charge in [0.15, 0.2) is 6.61 Å². The zero-order chi connectivity index (χ0) is 22.5. The fourth-order valence-corrected chi connectivity index (χ4v) is 4.66. The molecule has 2 rings (SSSR count).